The highest BCUT2D eigenvalue weighted by molar-refractivity contribution is 7.05. The zero-order valence-corrected chi connectivity index (χ0v) is 8.81. The second-order valence-electron chi connectivity index (χ2n) is 2.88. The van der Waals surface area contributed by atoms with Gasteiger partial charge in [-0.2, -0.15) is 0 Å². The van der Waals surface area contributed by atoms with Crippen molar-refractivity contribution >= 4 is 11.5 Å². The Morgan fingerprint density at radius 1 is 1.40 bits per heavy atom. The van der Waals surface area contributed by atoms with Crippen molar-refractivity contribution < 1.29 is 9.84 Å². The van der Waals surface area contributed by atoms with E-state index in [4.69, 9.17) is 4.74 Å². The molecule has 6 heteroatoms. The van der Waals surface area contributed by atoms with Crippen LogP contribution in [0.25, 0.3) is 0 Å². The van der Waals surface area contributed by atoms with E-state index in [1.807, 2.05) is 0 Å². The quantitative estimate of drug-likeness (QED) is 0.841. The van der Waals surface area contributed by atoms with Crippen molar-refractivity contribution in [2.24, 2.45) is 0 Å². The van der Waals surface area contributed by atoms with Gasteiger partial charge in [-0.3, -0.25) is 4.98 Å². The van der Waals surface area contributed by atoms with Crippen molar-refractivity contribution in [3.8, 4) is 5.75 Å². The molecular weight excluding hydrogens is 214 g/mol. The van der Waals surface area contributed by atoms with Crippen LogP contribution in [0.5, 0.6) is 5.75 Å². The molecule has 0 aliphatic carbocycles. The molecule has 0 saturated heterocycles. The first kappa shape index (κ1) is 10.0. The number of hydrogen-bond donors (Lipinski definition) is 1. The monoisotopic (exact) mass is 223 g/mol. The largest absolute Gasteiger partial charge is 0.495 e. The Kier molecular flexibility index (Phi) is 2.89. The Morgan fingerprint density at radius 3 is 2.93 bits per heavy atom. The third kappa shape index (κ3) is 2.11. The molecule has 5 nitrogen and oxygen atoms in total. The highest BCUT2D eigenvalue weighted by atomic mass is 32.1. The van der Waals surface area contributed by atoms with E-state index in [-0.39, 0.29) is 0 Å². The minimum absolute atomic E-state index is 0.615. The summed E-state index contributed by atoms with van der Waals surface area (Å²) in [5.74, 6) is 0.615. The maximum Gasteiger partial charge on any atom is 0.137 e. The highest BCUT2D eigenvalue weighted by Crippen LogP contribution is 2.25. The Labute approximate surface area is 90.5 Å². The van der Waals surface area contributed by atoms with Crippen LogP contribution in [0.2, 0.25) is 0 Å². The zero-order valence-electron chi connectivity index (χ0n) is 7.99. The van der Waals surface area contributed by atoms with Crippen molar-refractivity contribution in [1.82, 2.24) is 14.6 Å². The molecular formula is C9H9N3O2S. The van der Waals surface area contributed by atoms with Gasteiger partial charge in [-0.15, -0.1) is 5.10 Å². The van der Waals surface area contributed by atoms with Crippen LogP contribution >= 0.6 is 11.5 Å². The fraction of sp³-hybridized carbons (Fsp3) is 0.222. The van der Waals surface area contributed by atoms with E-state index in [0.29, 0.717) is 16.2 Å². The van der Waals surface area contributed by atoms with Crippen LogP contribution in [0.4, 0.5) is 0 Å². The maximum absolute atomic E-state index is 9.94. The summed E-state index contributed by atoms with van der Waals surface area (Å²) < 4.78 is 8.71. The van der Waals surface area contributed by atoms with E-state index in [9.17, 15) is 5.11 Å². The highest BCUT2D eigenvalue weighted by Gasteiger charge is 2.13. The summed E-state index contributed by atoms with van der Waals surface area (Å²) in [6.07, 6.45) is 3.97. The Balaban J connectivity index is 2.29. The maximum atomic E-state index is 9.94. The average molecular weight is 223 g/mol. The first-order valence-electron chi connectivity index (χ1n) is 4.25. The van der Waals surface area contributed by atoms with Crippen LogP contribution in [0.1, 0.15) is 16.5 Å². The van der Waals surface area contributed by atoms with Gasteiger partial charge in [-0.25, -0.2) is 0 Å². The number of aliphatic hydroxyl groups excluding tert-OH is 1. The van der Waals surface area contributed by atoms with E-state index in [1.54, 1.807) is 25.6 Å². The molecule has 2 aromatic rings. The van der Waals surface area contributed by atoms with Gasteiger partial charge in [-0.1, -0.05) is 4.49 Å². The molecule has 0 fully saturated rings. The normalized spacial score (nSPS) is 12.4. The standard InChI is InChI=1S/C9H9N3O2S/c1-14-7-2-6(3-10-4-7)9(13)8-5-11-12-15-8/h2-5,9,13H,1H3. The van der Waals surface area contributed by atoms with Crippen molar-refractivity contribution in [3.63, 3.8) is 0 Å². The SMILES string of the molecule is COc1cncc(C(O)c2cnns2)c1. The summed E-state index contributed by atoms with van der Waals surface area (Å²) in [6, 6.07) is 1.73. The average Bonchev–Trinajstić information content (AvgIpc) is 2.81. The molecule has 78 valence electrons. The fourth-order valence-electron chi connectivity index (χ4n) is 1.16. The predicted molar refractivity (Wildman–Crippen MR) is 54.8 cm³/mol. The van der Waals surface area contributed by atoms with E-state index in [1.165, 1.54) is 6.20 Å². The lowest BCUT2D eigenvalue weighted by Gasteiger charge is -2.08. The summed E-state index contributed by atoms with van der Waals surface area (Å²) in [6.45, 7) is 0. The van der Waals surface area contributed by atoms with Crippen molar-refractivity contribution in [2.75, 3.05) is 7.11 Å². The van der Waals surface area contributed by atoms with Crippen molar-refractivity contribution in [2.45, 2.75) is 6.10 Å². The molecule has 1 unspecified atom stereocenters. The molecule has 0 aliphatic heterocycles. The fourth-order valence-corrected chi connectivity index (χ4v) is 1.68. The Hall–Kier alpha value is -1.53. The van der Waals surface area contributed by atoms with E-state index < -0.39 is 6.10 Å². The predicted octanol–water partition coefficient (Wildman–Crippen LogP) is 1.02. The number of nitrogens with zero attached hydrogens (tertiary/aromatic N) is 3. The lowest BCUT2D eigenvalue weighted by molar-refractivity contribution is 0.223. The summed E-state index contributed by atoms with van der Waals surface area (Å²) in [5, 5.41) is 13.6. The van der Waals surface area contributed by atoms with Gasteiger partial charge >= 0.3 is 0 Å². The lowest BCUT2D eigenvalue weighted by Crippen LogP contribution is -1.98. The van der Waals surface area contributed by atoms with Crippen LogP contribution in [-0.2, 0) is 0 Å². The third-order valence-corrected chi connectivity index (χ3v) is 2.65. The summed E-state index contributed by atoms with van der Waals surface area (Å²) >= 11 is 1.16. The molecule has 0 bridgehead atoms. The second kappa shape index (κ2) is 4.33. The van der Waals surface area contributed by atoms with Crippen LogP contribution in [0, 0.1) is 0 Å². The molecule has 0 saturated carbocycles. The number of ether oxygens (including phenoxy) is 1. The number of methoxy groups -OCH3 is 1. The molecule has 15 heavy (non-hydrogen) atoms. The Morgan fingerprint density at radius 2 is 2.27 bits per heavy atom. The van der Waals surface area contributed by atoms with Crippen LogP contribution in [0.3, 0.4) is 0 Å². The summed E-state index contributed by atoms with van der Waals surface area (Å²) in [4.78, 5) is 4.65. The minimum atomic E-state index is -0.743. The van der Waals surface area contributed by atoms with Gasteiger partial charge < -0.3 is 9.84 Å². The number of hydrogen-bond acceptors (Lipinski definition) is 6. The third-order valence-electron chi connectivity index (χ3n) is 1.93. The van der Waals surface area contributed by atoms with Crippen molar-refractivity contribution in [3.05, 3.63) is 35.1 Å². The molecule has 0 aromatic carbocycles. The molecule has 2 heterocycles. The van der Waals surface area contributed by atoms with Crippen LogP contribution < -0.4 is 4.74 Å². The van der Waals surface area contributed by atoms with Gasteiger partial charge in [0.25, 0.3) is 0 Å². The van der Waals surface area contributed by atoms with Gasteiger partial charge in [0.15, 0.2) is 0 Å². The molecule has 0 aliphatic rings. The second-order valence-corrected chi connectivity index (χ2v) is 3.70. The van der Waals surface area contributed by atoms with Gasteiger partial charge in [0, 0.05) is 11.8 Å². The summed E-state index contributed by atoms with van der Waals surface area (Å²) in [7, 11) is 1.56. The zero-order chi connectivity index (χ0) is 10.7. The minimum Gasteiger partial charge on any atom is -0.495 e. The van der Waals surface area contributed by atoms with Gasteiger partial charge in [0.2, 0.25) is 0 Å². The van der Waals surface area contributed by atoms with E-state index >= 15 is 0 Å². The number of aromatic nitrogens is 3. The molecule has 1 atom stereocenters. The van der Waals surface area contributed by atoms with Crippen LogP contribution in [-0.4, -0.2) is 26.8 Å². The Bertz CT molecular complexity index is 433. The summed E-state index contributed by atoms with van der Waals surface area (Å²) in [5.41, 5.74) is 0.667. The van der Waals surface area contributed by atoms with Gasteiger partial charge in [0.1, 0.15) is 11.9 Å². The van der Waals surface area contributed by atoms with Gasteiger partial charge in [0.05, 0.1) is 24.4 Å². The smallest absolute Gasteiger partial charge is 0.137 e. The number of pyridine rings is 1. The van der Waals surface area contributed by atoms with E-state index in [2.05, 4.69) is 14.6 Å². The molecule has 0 amide bonds. The first-order valence-corrected chi connectivity index (χ1v) is 5.03. The molecule has 0 spiro atoms. The van der Waals surface area contributed by atoms with Crippen LogP contribution in [0.15, 0.2) is 24.7 Å². The first-order chi connectivity index (χ1) is 7.31. The molecule has 1 N–H and O–H groups in total. The van der Waals surface area contributed by atoms with Crippen molar-refractivity contribution in [1.29, 1.82) is 0 Å². The topological polar surface area (TPSA) is 68.1 Å². The molecule has 0 radical (unpaired) electrons. The number of aliphatic hydroxyl groups is 1. The number of rotatable bonds is 3. The lowest BCUT2D eigenvalue weighted by atomic mass is 10.1. The molecule has 2 rings (SSSR count). The van der Waals surface area contributed by atoms with E-state index in [0.717, 1.165) is 11.5 Å². The van der Waals surface area contributed by atoms with Gasteiger partial charge in [-0.05, 0) is 17.6 Å². The molecule has 2 aromatic heterocycles.